The van der Waals surface area contributed by atoms with E-state index in [0.717, 1.165) is 28.9 Å². The average molecular weight is 282 g/mol. The minimum atomic E-state index is -0.166. The van der Waals surface area contributed by atoms with E-state index in [0.29, 0.717) is 5.75 Å². The first-order valence-corrected chi connectivity index (χ1v) is 7.20. The van der Waals surface area contributed by atoms with E-state index in [9.17, 15) is 0 Å². The first-order chi connectivity index (χ1) is 10.4. The summed E-state index contributed by atoms with van der Waals surface area (Å²) >= 11 is 0. The first kappa shape index (κ1) is 13.9. The molecule has 3 rings (SSSR count). The summed E-state index contributed by atoms with van der Waals surface area (Å²) in [4.78, 5) is 0. The van der Waals surface area contributed by atoms with Crippen molar-refractivity contribution in [2.45, 2.75) is 12.8 Å². The molecule has 2 aromatic carbocycles. The molecule has 1 fully saturated rings. The van der Waals surface area contributed by atoms with Crippen LogP contribution in [0.3, 0.4) is 0 Å². The number of fused-ring (bicyclic) bond motifs is 1. The van der Waals surface area contributed by atoms with Crippen LogP contribution in [-0.4, -0.2) is 25.1 Å². The van der Waals surface area contributed by atoms with E-state index in [-0.39, 0.29) is 13.4 Å². The van der Waals surface area contributed by atoms with Crippen LogP contribution in [0.25, 0.3) is 10.8 Å². The molecule has 0 spiro atoms. The summed E-state index contributed by atoms with van der Waals surface area (Å²) in [5.74, 6) is 7.11. The minimum Gasteiger partial charge on any atom is -0.466 e. The summed E-state index contributed by atoms with van der Waals surface area (Å²) in [6.45, 7) is 0.842. The Morgan fingerprint density at radius 1 is 1.14 bits per heavy atom. The third kappa shape index (κ3) is 3.55. The van der Waals surface area contributed by atoms with Crippen LogP contribution in [0.5, 0.6) is 5.75 Å². The summed E-state index contributed by atoms with van der Waals surface area (Å²) < 4.78 is 11.2. The lowest BCUT2D eigenvalue weighted by atomic mass is 10.0. The molecule has 0 bridgehead atoms. The quantitative estimate of drug-likeness (QED) is 0.520. The molecule has 1 aliphatic rings. The zero-order valence-electron chi connectivity index (χ0n) is 11.8. The fraction of sp³-hybridized carbons (Fsp3) is 0.333. The average Bonchev–Trinajstić information content (AvgIpc) is 3.34. The maximum absolute atomic E-state index is 8.93. The van der Waals surface area contributed by atoms with Crippen LogP contribution in [0.2, 0.25) is 0 Å². The molecular weight excluding hydrogens is 264 g/mol. The second-order valence-electron chi connectivity index (χ2n) is 5.20. The largest absolute Gasteiger partial charge is 0.466 e. The molecule has 0 unspecified atom stereocenters. The summed E-state index contributed by atoms with van der Waals surface area (Å²) in [6.07, 6.45) is 2.53. The number of hydrogen-bond donors (Lipinski definition) is 1. The van der Waals surface area contributed by atoms with Crippen molar-refractivity contribution in [2.24, 2.45) is 5.92 Å². The first-order valence-electron chi connectivity index (χ1n) is 7.20. The summed E-state index contributed by atoms with van der Waals surface area (Å²) in [6, 6.07) is 11.9. The van der Waals surface area contributed by atoms with E-state index in [1.807, 2.05) is 36.4 Å². The van der Waals surface area contributed by atoms with Crippen LogP contribution < -0.4 is 4.74 Å². The Balaban J connectivity index is 1.81. The Morgan fingerprint density at radius 3 is 2.81 bits per heavy atom. The summed E-state index contributed by atoms with van der Waals surface area (Å²) in [7, 11) is 0. The van der Waals surface area contributed by atoms with Crippen LogP contribution in [-0.2, 0) is 4.74 Å². The zero-order valence-corrected chi connectivity index (χ0v) is 11.8. The molecule has 1 aliphatic carbocycles. The Kier molecular flexibility index (Phi) is 4.40. The van der Waals surface area contributed by atoms with Gasteiger partial charge in [0.1, 0.15) is 12.4 Å². The molecule has 2 aromatic rings. The standard InChI is InChI=1S/C18H18O3/c19-11-3-6-17-16-5-2-1-4-15(16)9-10-18(17)21-13-20-12-14-7-8-14/h1-2,4-5,9-10,14,19H,7-8,11-13H2. The molecular formula is C18H18O3. The number of rotatable bonds is 5. The van der Waals surface area contributed by atoms with E-state index in [1.165, 1.54) is 12.8 Å². The van der Waals surface area contributed by atoms with Gasteiger partial charge >= 0.3 is 0 Å². The van der Waals surface area contributed by atoms with Crippen molar-refractivity contribution in [3.63, 3.8) is 0 Å². The molecule has 0 radical (unpaired) electrons. The van der Waals surface area contributed by atoms with Crippen LogP contribution in [0.15, 0.2) is 36.4 Å². The van der Waals surface area contributed by atoms with E-state index in [4.69, 9.17) is 14.6 Å². The van der Waals surface area contributed by atoms with Gasteiger partial charge in [-0.3, -0.25) is 0 Å². The maximum atomic E-state index is 8.93. The van der Waals surface area contributed by atoms with Gasteiger partial charge in [-0.2, -0.15) is 0 Å². The maximum Gasteiger partial charge on any atom is 0.189 e. The summed E-state index contributed by atoms with van der Waals surface area (Å²) in [5, 5.41) is 11.1. The summed E-state index contributed by atoms with van der Waals surface area (Å²) in [5.41, 5.74) is 0.803. The normalized spacial score (nSPS) is 13.8. The fourth-order valence-corrected chi connectivity index (χ4v) is 2.23. The van der Waals surface area contributed by atoms with Gasteiger partial charge in [-0.25, -0.2) is 0 Å². The van der Waals surface area contributed by atoms with Gasteiger partial charge in [-0.15, -0.1) is 0 Å². The van der Waals surface area contributed by atoms with Gasteiger partial charge in [-0.1, -0.05) is 42.2 Å². The highest BCUT2D eigenvalue weighted by Gasteiger charge is 2.21. The number of benzene rings is 2. The number of aliphatic hydroxyl groups excluding tert-OH is 1. The second-order valence-corrected chi connectivity index (χ2v) is 5.20. The second kappa shape index (κ2) is 6.62. The van der Waals surface area contributed by atoms with Crippen LogP contribution >= 0.6 is 0 Å². The highest BCUT2D eigenvalue weighted by Crippen LogP contribution is 2.29. The Labute approximate surface area is 124 Å². The predicted octanol–water partition coefficient (Wildman–Crippen LogP) is 2.95. The van der Waals surface area contributed by atoms with Crippen LogP contribution in [0, 0.1) is 17.8 Å². The third-order valence-electron chi connectivity index (χ3n) is 3.53. The molecule has 1 N–H and O–H groups in total. The SMILES string of the molecule is OCC#Cc1c(OCOCC2CC2)ccc2ccccc12. The van der Waals surface area contributed by atoms with Crippen molar-refractivity contribution in [1.29, 1.82) is 0 Å². The molecule has 0 aromatic heterocycles. The highest BCUT2D eigenvalue weighted by atomic mass is 16.7. The Morgan fingerprint density at radius 2 is 2.00 bits per heavy atom. The molecule has 0 atom stereocenters. The number of aliphatic hydroxyl groups is 1. The van der Waals surface area contributed by atoms with Crippen LogP contribution in [0.1, 0.15) is 18.4 Å². The molecule has 3 nitrogen and oxygen atoms in total. The topological polar surface area (TPSA) is 38.7 Å². The van der Waals surface area contributed by atoms with Crippen molar-refractivity contribution >= 4 is 10.8 Å². The van der Waals surface area contributed by atoms with Gasteiger partial charge in [-0.05, 0) is 30.2 Å². The number of hydrogen-bond acceptors (Lipinski definition) is 3. The van der Waals surface area contributed by atoms with E-state index in [1.54, 1.807) is 0 Å². The molecule has 0 heterocycles. The van der Waals surface area contributed by atoms with Crippen molar-refractivity contribution in [1.82, 2.24) is 0 Å². The van der Waals surface area contributed by atoms with E-state index in [2.05, 4.69) is 11.8 Å². The Bertz CT molecular complexity index is 678. The monoisotopic (exact) mass is 282 g/mol. The lowest BCUT2D eigenvalue weighted by Gasteiger charge is -2.11. The molecule has 21 heavy (non-hydrogen) atoms. The minimum absolute atomic E-state index is 0.166. The molecule has 1 saturated carbocycles. The molecule has 0 amide bonds. The zero-order chi connectivity index (χ0) is 14.5. The van der Waals surface area contributed by atoms with E-state index >= 15 is 0 Å². The molecule has 0 saturated heterocycles. The predicted molar refractivity (Wildman–Crippen MR) is 82.1 cm³/mol. The van der Waals surface area contributed by atoms with Crippen molar-refractivity contribution in [3.05, 3.63) is 42.0 Å². The lowest BCUT2D eigenvalue weighted by molar-refractivity contribution is 0.00991. The van der Waals surface area contributed by atoms with Crippen molar-refractivity contribution < 1.29 is 14.6 Å². The van der Waals surface area contributed by atoms with Crippen LogP contribution in [0.4, 0.5) is 0 Å². The molecule has 3 heteroatoms. The van der Waals surface area contributed by atoms with Gasteiger partial charge in [0, 0.05) is 5.39 Å². The smallest absolute Gasteiger partial charge is 0.189 e. The number of ether oxygens (including phenoxy) is 2. The molecule has 108 valence electrons. The van der Waals surface area contributed by atoms with Gasteiger partial charge < -0.3 is 14.6 Å². The molecule has 0 aliphatic heterocycles. The highest BCUT2D eigenvalue weighted by molar-refractivity contribution is 5.90. The van der Waals surface area contributed by atoms with Crippen molar-refractivity contribution in [2.75, 3.05) is 20.0 Å². The van der Waals surface area contributed by atoms with Gasteiger partial charge in [0.05, 0.1) is 12.2 Å². The lowest BCUT2D eigenvalue weighted by Crippen LogP contribution is -2.06. The van der Waals surface area contributed by atoms with E-state index < -0.39 is 0 Å². The Hall–Kier alpha value is -2.02. The van der Waals surface area contributed by atoms with Gasteiger partial charge in [0.15, 0.2) is 6.79 Å². The fourth-order valence-electron chi connectivity index (χ4n) is 2.23. The van der Waals surface area contributed by atoms with Crippen molar-refractivity contribution in [3.8, 4) is 17.6 Å². The third-order valence-corrected chi connectivity index (χ3v) is 3.53. The van der Waals surface area contributed by atoms with Gasteiger partial charge in [0.25, 0.3) is 0 Å². The van der Waals surface area contributed by atoms with Gasteiger partial charge in [0.2, 0.25) is 0 Å².